The summed E-state index contributed by atoms with van der Waals surface area (Å²) in [5.41, 5.74) is 0. The first kappa shape index (κ1) is 7.85. The molecule has 59 valence electrons. The van der Waals surface area contributed by atoms with Crippen LogP contribution in [0.25, 0.3) is 0 Å². The van der Waals surface area contributed by atoms with E-state index in [9.17, 15) is 13.2 Å². The topological polar surface area (TPSA) is 3.24 Å². The van der Waals surface area contributed by atoms with Crippen LogP contribution in [0.1, 0.15) is 6.42 Å². The number of nitrogens with zero attached hydrogens (tertiary/aromatic N) is 1. The lowest BCUT2D eigenvalue weighted by Crippen LogP contribution is -2.38. The van der Waals surface area contributed by atoms with Crippen LogP contribution in [0, 0.1) is 6.42 Å². The molecular formula is C6H9F3N. The molecule has 0 aliphatic carbocycles. The number of rotatable bonds is 0. The maximum Gasteiger partial charge on any atom is 0.404 e. The molecule has 1 rings (SSSR count). The summed E-state index contributed by atoms with van der Waals surface area (Å²) in [6.07, 6.45) is -2.26. The van der Waals surface area contributed by atoms with Crippen molar-refractivity contribution < 1.29 is 13.2 Å². The molecule has 0 N–H and O–H groups in total. The van der Waals surface area contributed by atoms with E-state index in [1.165, 1.54) is 11.9 Å². The summed E-state index contributed by atoms with van der Waals surface area (Å²) in [4.78, 5) is 1.31. The molecule has 0 spiro atoms. The summed E-state index contributed by atoms with van der Waals surface area (Å²) in [5, 5.41) is 0. The van der Waals surface area contributed by atoms with Crippen molar-refractivity contribution in [1.29, 1.82) is 0 Å². The van der Waals surface area contributed by atoms with Crippen LogP contribution in [0.4, 0.5) is 13.2 Å². The van der Waals surface area contributed by atoms with Gasteiger partial charge in [0.25, 0.3) is 0 Å². The van der Waals surface area contributed by atoms with Crippen molar-refractivity contribution in [1.82, 2.24) is 4.90 Å². The molecular weight excluding hydrogens is 143 g/mol. The Hall–Kier alpha value is -0.250. The Morgan fingerprint density at radius 3 is 2.30 bits per heavy atom. The van der Waals surface area contributed by atoms with Gasteiger partial charge in [-0.2, -0.15) is 13.2 Å². The van der Waals surface area contributed by atoms with E-state index >= 15 is 0 Å². The third-order valence-corrected chi connectivity index (χ3v) is 1.72. The first-order valence-electron chi connectivity index (χ1n) is 3.10. The first-order valence-corrected chi connectivity index (χ1v) is 3.10. The minimum Gasteiger partial charge on any atom is -0.295 e. The van der Waals surface area contributed by atoms with Crippen LogP contribution in [0.3, 0.4) is 0 Å². The lowest BCUT2D eigenvalue weighted by atomic mass is 10.2. The van der Waals surface area contributed by atoms with Crippen molar-refractivity contribution in [3.8, 4) is 0 Å². The summed E-state index contributed by atoms with van der Waals surface area (Å²) in [5.74, 6) is 0. The lowest BCUT2D eigenvalue weighted by molar-refractivity contribution is -0.172. The maximum absolute atomic E-state index is 11.9. The van der Waals surface area contributed by atoms with Crippen molar-refractivity contribution in [3.05, 3.63) is 6.42 Å². The quantitative estimate of drug-likeness (QED) is 0.508. The van der Waals surface area contributed by atoms with Gasteiger partial charge in [-0.25, -0.2) is 0 Å². The zero-order valence-corrected chi connectivity index (χ0v) is 5.65. The Kier molecular flexibility index (Phi) is 1.90. The van der Waals surface area contributed by atoms with E-state index in [0.29, 0.717) is 6.54 Å². The second-order valence-corrected chi connectivity index (χ2v) is 2.52. The standard InChI is InChI=1S/C6H9F3N/c1-10-4-2-3-5(10)6(7,8)9/h2,5H,3-4H2,1H3. The van der Waals surface area contributed by atoms with Crippen LogP contribution in [0.5, 0.6) is 0 Å². The van der Waals surface area contributed by atoms with E-state index < -0.39 is 12.2 Å². The molecule has 0 bridgehead atoms. The van der Waals surface area contributed by atoms with Gasteiger partial charge in [-0.3, -0.25) is 4.90 Å². The monoisotopic (exact) mass is 152 g/mol. The van der Waals surface area contributed by atoms with Crippen LogP contribution < -0.4 is 0 Å². The molecule has 1 nitrogen and oxygen atoms in total. The van der Waals surface area contributed by atoms with E-state index in [-0.39, 0.29) is 6.42 Å². The Bertz CT molecular complexity index is 121. The molecule has 1 radical (unpaired) electrons. The molecule has 1 heterocycles. The molecule has 1 fully saturated rings. The van der Waals surface area contributed by atoms with Gasteiger partial charge in [0.05, 0.1) is 0 Å². The average molecular weight is 152 g/mol. The zero-order chi connectivity index (χ0) is 7.78. The fourth-order valence-electron chi connectivity index (χ4n) is 1.13. The van der Waals surface area contributed by atoms with Crippen LogP contribution in [0.15, 0.2) is 0 Å². The zero-order valence-electron chi connectivity index (χ0n) is 5.65. The Balaban J connectivity index is 2.55. The Morgan fingerprint density at radius 1 is 1.50 bits per heavy atom. The normalized spacial score (nSPS) is 29.4. The van der Waals surface area contributed by atoms with Gasteiger partial charge in [0.2, 0.25) is 0 Å². The summed E-state index contributed by atoms with van der Waals surface area (Å²) in [6.45, 7) is 0.449. The molecule has 0 saturated carbocycles. The van der Waals surface area contributed by atoms with Crippen LogP contribution in [0.2, 0.25) is 0 Å². The van der Waals surface area contributed by atoms with E-state index in [1.54, 1.807) is 6.42 Å². The Morgan fingerprint density at radius 2 is 2.10 bits per heavy atom. The highest BCUT2D eigenvalue weighted by Crippen LogP contribution is 2.30. The van der Waals surface area contributed by atoms with Gasteiger partial charge in [-0.15, -0.1) is 0 Å². The van der Waals surface area contributed by atoms with Crippen molar-refractivity contribution in [2.75, 3.05) is 13.6 Å². The summed E-state index contributed by atoms with van der Waals surface area (Å²) in [6, 6.07) is -1.24. The smallest absolute Gasteiger partial charge is 0.295 e. The summed E-state index contributed by atoms with van der Waals surface area (Å²) < 4.78 is 35.8. The highest BCUT2D eigenvalue weighted by molar-refractivity contribution is 4.92. The third-order valence-electron chi connectivity index (χ3n) is 1.72. The summed E-state index contributed by atoms with van der Waals surface area (Å²) >= 11 is 0. The third kappa shape index (κ3) is 1.42. The number of hydrogen-bond acceptors (Lipinski definition) is 1. The SMILES string of the molecule is CN1C[CH]CC1C(F)(F)F. The van der Waals surface area contributed by atoms with Gasteiger partial charge >= 0.3 is 6.18 Å². The van der Waals surface area contributed by atoms with Crippen molar-refractivity contribution in [3.63, 3.8) is 0 Å². The largest absolute Gasteiger partial charge is 0.404 e. The van der Waals surface area contributed by atoms with E-state index in [2.05, 4.69) is 0 Å². The number of halogens is 3. The molecule has 1 unspecified atom stereocenters. The molecule has 1 aliphatic rings. The van der Waals surface area contributed by atoms with Gasteiger partial charge in [-0.05, 0) is 19.9 Å². The maximum atomic E-state index is 11.9. The summed E-state index contributed by atoms with van der Waals surface area (Å²) in [7, 11) is 1.49. The van der Waals surface area contributed by atoms with Crippen molar-refractivity contribution in [2.24, 2.45) is 0 Å². The Labute approximate surface area is 57.8 Å². The van der Waals surface area contributed by atoms with Gasteiger partial charge < -0.3 is 0 Å². The molecule has 10 heavy (non-hydrogen) atoms. The average Bonchev–Trinajstić information content (AvgIpc) is 2.11. The van der Waals surface area contributed by atoms with Crippen molar-refractivity contribution >= 4 is 0 Å². The van der Waals surface area contributed by atoms with Crippen molar-refractivity contribution in [2.45, 2.75) is 18.6 Å². The minimum atomic E-state index is -4.05. The van der Waals surface area contributed by atoms with E-state index in [0.717, 1.165) is 0 Å². The number of hydrogen-bond donors (Lipinski definition) is 0. The fraction of sp³-hybridized carbons (Fsp3) is 0.833. The lowest BCUT2D eigenvalue weighted by Gasteiger charge is -2.21. The second kappa shape index (κ2) is 2.42. The number of alkyl halides is 3. The van der Waals surface area contributed by atoms with Gasteiger partial charge in [0.1, 0.15) is 6.04 Å². The number of likely N-dealkylation sites (tertiary alicyclic amines) is 1. The second-order valence-electron chi connectivity index (χ2n) is 2.52. The van der Waals surface area contributed by atoms with Gasteiger partial charge in [0.15, 0.2) is 0 Å². The molecule has 1 saturated heterocycles. The molecule has 0 amide bonds. The van der Waals surface area contributed by atoms with Gasteiger partial charge in [-0.1, -0.05) is 0 Å². The highest BCUT2D eigenvalue weighted by atomic mass is 19.4. The molecule has 4 heteroatoms. The van der Waals surface area contributed by atoms with E-state index in [4.69, 9.17) is 0 Å². The molecule has 0 aromatic carbocycles. The first-order chi connectivity index (χ1) is 4.52. The van der Waals surface area contributed by atoms with Crippen LogP contribution in [-0.2, 0) is 0 Å². The molecule has 0 aromatic heterocycles. The predicted molar refractivity (Wildman–Crippen MR) is 31.4 cm³/mol. The molecule has 1 aliphatic heterocycles. The predicted octanol–water partition coefficient (Wildman–Crippen LogP) is 1.46. The molecule has 0 aromatic rings. The van der Waals surface area contributed by atoms with Crippen LogP contribution >= 0.6 is 0 Å². The van der Waals surface area contributed by atoms with Crippen LogP contribution in [-0.4, -0.2) is 30.7 Å². The van der Waals surface area contributed by atoms with E-state index in [1.807, 2.05) is 0 Å². The minimum absolute atomic E-state index is 0.139. The van der Waals surface area contributed by atoms with Gasteiger partial charge in [0, 0.05) is 6.54 Å². The fourth-order valence-corrected chi connectivity index (χ4v) is 1.13. The highest BCUT2D eigenvalue weighted by Gasteiger charge is 2.44. The molecule has 1 atom stereocenters.